The molecule has 2 heterocycles. The molecule has 0 spiro atoms. The average Bonchev–Trinajstić information content (AvgIpc) is 3.16. The van der Waals surface area contributed by atoms with Crippen LogP contribution in [0.1, 0.15) is 44.9 Å². The first-order chi connectivity index (χ1) is 11.2. The topological polar surface area (TPSA) is 72.7 Å². The van der Waals surface area contributed by atoms with Crippen molar-refractivity contribution in [1.82, 2.24) is 19.7 Å². The Balaban J connectivity index is 1.74. The summed E-state index contributed by atoms with van der Waals surface area (Å²) in [6, 6.07) is 0. The number of thiazole rings is 1. The number of unbranched alkanes of at least 4 members (excludes halogenated alkanes) is 4. The highest BCUT2D eigenvalue weighted by Gasteiger charge is 2.11. The van der Waals surface area contributed by atoms with Crippen LogP contribution < -0.4 is 5.32 Å². The van der Waals surface area contributed by atoms with Crippen LogP contribution in [0, 0.1) is 0 Å². The Morgan fingerprint density at radius 3 is 2.87 bits per heavy atom. The lowest BCUT2D eigenvalue weighted by molar-refractivity contribution is -0.113. The van der Waals surface area contributed by atoms with Crippen molar-refractivity contribution >= 4 is 34.1 Å². The van der Waals surface area contributed by atoms with Crippen LogP contribution in [0.4, 0.5) is 5.13 Å². The number of aromatic nitrogens is 4. The SMILES string of the molecule is CCCCCCCc1nnc(SCC(=O)Nc2nccs2)n1C. The molecule has 0 atom stereocenters. The summed E-state index contributed by atoms with van der Waals surface area (Å²) in [4.78, 5) is 15.9. The fourth-order valence-corrected chi connectivity index (χ4v) is 3.42. The zero-order valence-electron chi connectivity index (χ0n) is 13.6. The molecular weight excluding hydrogens is 330 g/mol. The smallest absolute Gasteiger partial charge is 0.236 e. The number of anilines is 1. The lowest BCUT2D eigenvalue weighted by Gasteiger charge is -2.04. The number of hydrogen-bond donors (Lipinski definition) is 1. The Labute approximate surface area is 145 Å². The molecule has 6 nitrogen and oxygen atoms in total. The highest BCUT2D eigenvalue weighted by atomic mass is 32.2. The Morgan fingerprint density at radius 2 is 2.13 bits per heavy atom. The summed E-state index contributed by atoms with van der Waals surface area (Å²) >= 11 is 2.81. The van der Waals surface area contributed by atoms with Crippen LogP contribution in [0.5, 0.6) is 0 Å². The quantitative estimate of drug-likeness (QED) is 0.523. The van der Waals surface area contributed by atoms with Crippen LogP contribution in [0.15, 0.2) is 16.7 Å². The average molecular weight is 354 g/mol. The van der Waals surface area contributed by atoms with E-state index in [-0.39, 0.29) is 5.91 Å². The third-order valence-corrected chi connectivity index (χ3v) is 5.15. The maximum Gasteiger partial charge on any atom is 0.236 e. The summed E-state index contributed by atoms with van der Waals surface area (Å²) in [6.45, 7) is 2.22. The number of aryl methyl sites for hydroxylation is 1. The van der Waals surface area contributed by atoms with E-state index in [4.69, 9.17) is 0 Å². The molecule has 0 bridgehead atoms. The minimum Gasteiger partial charge on any atom is -0.309 e. The van der Waals surface area contributed by atoms with Crippen molar-refractivity contribution in [1.29, 1.82) is 0 Å². The van der Waals surface area contributed by atoms with Gasteiger partial charge in [-0.25, -0.2) is 4.98 Å². The molecule has 0 aliphatic rings. The maximum absolute atomic E-state index is 11.9. The molecule has 1 amide bonds. The van der Waals surface area contributed by atoms with Crippen LogP contribution in [0.3, 0.4) is 0 Å². The number of thioether (sulfide) groups is 1. The van der Waals surface area contributed by atoms with Gasteiger partial charge in [-0.05, 0) is 6.42 Å². The molecule has 0 aliphatic carbocycles. The first-order valence-electron chi connectivity index (χ1n) is 7.91. The molecule has 2 rings (SSSR count). The minimum atomic E-state index is -0.0749. The molecule has 2 aromatic heterocycles. The lowest BCUT2D eigenvalue weighted by atomic mass is 10.1. The maximum atomic E-state index is 11.9. The van der Waals surface area contributed by atoms with Gasteiger partial charge in [0.05, 0.1) is 5.75 Å². The first kappa shape index (κ1) is 17.9. The van der Waals surface area contributed by atoms with Gasteiger partial charge in [-0.1, -0.05) is 44.4 Å². The Kier molecular flexibility index (Phi) is 7.54. The van der Waals surface area contributed by atoms with Gasteiger partial charge in [-0.2, -0.15) is 0 Å². The third kappa shape index (κ3) is 5.95. The number of rotatable bonds is 10. The first-order valence-corrected chi connectivity index (χ1v) is 9.77. The van der Waals surface area contributed by atoms with Gasteiger partial charge in [0, 0.05) is 25.0 Å². The number of nitrogens with zero attached hydrogens (tertiary/aromatic N) is 4. The van der Waals surface area contributed by atoms with Crippen LogP contribution in [0.2, 0.25) is 0 Å². The van der Waals surface area contributed by atoms with Gasteiger partial charge < -0.3 is 9.88 Å². The normalized spacial score (nSPS) is 10.9. The largest absolute Gasteiger partial charge is 0.309 e. The summed E-state index contributed by atoms with van der Waals surface area (Å²) in [5, 5.41) is 14.4. The molecule has 126 valence electrons. The predicted molar refractivity (Wildman–Crippen MR) is 94.9 cm³/mol. The fourth-order valence-electron chi connectivity index (χ4n) is 2.15. The molecule has 0 saturated heterocycles. The van der Waals surface area contributed by atoms with Gasteiger partial charge in [-0.3, -0.25) is 4.79 Å². The van der Waals surface area contributed by atoms with Crippen molar-refractivity contribution < 1.29 is 4.79 Å². The molecule has 0 aromatic carbocycles. The highest BCUT2D eigenvalue weighted by Crippen LogP contribution is 2.18. The van der Waals surface area contributed by atoms with Crippen molar-refractivity contribution in [2.45, 2.75) is 50.6 Å². The molecule has 8 heteroatoms. The standard InChI is InChI=1S/C15H23N5OS2/c1-3-4-5-6-7-8-12-18-19-15(20(12)2)23-11-13(21)17-14-16-9-10-22-14/h9-10H,3-8,11H2,1-2H3,(H,16,17,21). The highest BCUT2D eigenvalue weighted by molar-refractivity contribution is 7.99. The molecule has 23 heavy (non-hydrogen) atoms. The van der Waals surface area contributed by atoms with Crippen LogP contribution >= 0.6 is 23.1 Å². The number of carbonyl (C=O) groups excluding carboxylic acids is 1. The number of hydrogen-bond acceptors (Lipinski definition) is 6. The zero-order chi connectivity index (χ0) is 16.5. The second kappa shape index (κ2) is 9.67. The van der Waals surface area contributed by atoms with E-state index in [2.05, 4.69) is 27.4 Å². The molecule has 0 fully saturated rings. The van der Waals surface area contributed by atoms with E-state index in [1.165, 1.54) is 48.8 Å². The molecule has 0 unspecified atom stereocenters. The number of carbonyl (C=O) groups is 1. The van der Waals surface area contributed by atoms with Crippen LogP contribution in [-0.4, -0.2) is 31.4 Å². The molecular formula is C15H23N5OS2. The van der Waals surface area contributed by atoms with Crippen molar-refractivity contribution in [2.75, 3.05) is 11.1 Å². The summed E-state index contributed by atoms with van der Waals surface area (Å²) in [7, 11) is 1.96. The van der Waals surface area contributed by atoms with Crippen LogP contribution in [0.25, 0.3) is 0 Å². The summed E-state index contributed by atoms with van der Waals surface area (Å²) in [5.74, 6) is 1.22. The van der Waals surface area contributed by atoms with Gasteiger partial charge in [0.15, 0.2) is 10.3 Å². The Bertz CT molecular complexity index is 597. The lowest BCUT2D eigenvalue weighted by Crippen LogP contribution is -2.14. The summed E-state index contributed by atoms with van der Waals surface area (Å²) in [5.41, 5.74) is 0. The Hall–Kier alpha value is -1.41. The molecule has 1 N–H and O–H groups in total. The number of amides is 1. The van der Waals surface area contributed by atoms with Gasteiger partial charge in [0.25, 0.3) is 0 Å². The van der Waals surface area contributed by atoms with E-state index in [0.29, 0.717) is 10.9 Å². The van der Waals surface area contributed by atoms with E-state index >= 15 is 0 Å². The van der Waals surface area contributed by atoms with Crippen LogP contribution in [-0.2, 0) is 18.3 Å². The molecule has 2 aromatic rings. The monoisotopic (exact) mass is 353 g/mol. The second-order valence-corrected chi connectivity index (χ2v) is 7.13. The van der Waals surface area contributed by atoms with Crippen molar-refractivity contribution in [3.63, 3.8) is 0 Å². The number of nitrogens with one attached hydrogen (secondary N) is 1. The molecule has 0 aliphatic heterocycles. The summed E-state index contributed by atoms with van der Waals surface area (Å²) in [6.07, 6.45) is 8.83. The van der Waals surface area contributed by atoms with Gasteiger partial charge in [0.2, 0.25) is 5.91 Å². The van der Waals surface area contributed by atoms with E-state index in [1.54, 1.807) is 6.20 Å². The van der Waals surface area contributed by atoms with Crippen molar-refractivity contribution in [3.8, 4) is 0 Å². The molecule has 0 saturated carbocycles. The zero-order valence-corrected chi connectivity index (χ0v) is 15.3. The van der Waals surface area contributed by atoms with E-state index in [1.807, 2.05) is 17.0 Å². The predicted octanol–water partition coefficient (Wildman–Crippen LogP) is 3.52. The molecule has 0 radical (unpaired) electrons. The van der Waals surface area contributed by atoms with Crippen molar-refractivity contribution in [2.24, 2.45) is 7.05 Å². The van der Waals surface area contributed by atoms with E-state index in [0.717, 1.165) is 23.8 Å². The minimum absolute atomic E-state index is 0.0749. The fraction of sp³-hybridized carbons (Fsp3) is 0.600. The van der Waals surface area contributed by atoms with Gasteiger partial charge >= 0.3 is 0 Å². The van der Waals surface area contributed by atoms with E-state index < -0.39 is 0 Å². The van der Waals surface area contributed by atoms with Gasteiger partial charge in [0.1, 0.15) is 5.82 Å². The summed E-state index contributed by atoms with van der Waals surface area (Å²) < 4.78 is 1.99. The van der Waals surface area contributed by atoms with Gasteiger partial charge in [-0.15, -0.1) is 21.5 Å². The third-order valence-electron chi connectivity index (χ3n) is 3.44. The second-order valence-electron chi connectivity index (χ2n) is 5.30. The van der Waals surface area contributed by atoms with E-state index in [9.17, 15) is 4.79 Å². The Morgan fingerprint density at radius 1 is 1.30 bits per heavy atom. The van der Waals surface area contributed by atoms with Crippen molar-refractivity contribution in [3.05, 3.63) is 17.4 Å².